The van der Waals surface area contributed by atoms with Crippen LogP contribution < -0.4 is 9.91 Å². The van der Waals surface area contributed by atoms with Gasteiger partial charge in [0, 0.05) is 23.8 Å². The molecular formula is C21H20ClN3O2. The molecule has 2 aliphatic rings. The van der Waals surface area contributed by atoms with Gasteiger partial charge >= 0.3 is 0 Å². The Balaban J connectivity index is 1.55. The van der Waals surface area contributed by atoms with Crippen LogP contribution in [0.2, 0.25) is 5.02 Å². The number of amides is 1. The molecule has 4 rings (SSSR count). The third kappa shape index (κ3) is 3.75. The van der Waals surface area contributed by atoms with E-state index in [9.17, 15) is 4.79 Å². The summed E-state index contributed by atoms with van der Waals surface area (Å²) in [5.74, 6) is -0.146. The van der Waals surface area contributed by atoms with Gasteiger partial charge in [0.2, 0.25) is 0 Å². The predicted molar refractivity (Wildman–Crippen MR) is 109 cm³/mol. The van der Waals surface area contributed by atoms with E-state index in [0.29, 0.717) is 22.0 Å². The van der Waals surface area contributed by atoms with Crippen molar-refractivity contribution in [1.82, 2.24) is 0 Å². The molecule has 27 heavy (non-hydrogen) atoms. The molecule has 0 saturated carbocycles. The van der Waals surface area contributed by atoms with Crippen LogP contribution >= 0.6 is 11.6 Å². The van der Waals surface area contributed by atoms with Gasteiger partial charge in [-0.1, -0.05) is 29.8 Å². The number of carbonyl (C=O) groups excluding carboxylic acids is 1. The molecule has 0 atom stereocenters. The van der Waals surface area contributed by atoms with E-state index in [4.69, 9.17) is 16.3 Å². The van der Waals surface area contributed by atoms with Gasteiger partial charge in [-0.2, -0.15) is 10.1 Å². The summed E-state index contributed by atoms with van der Waals surface area (Å²) in [7, 11) is 0. The number of benzene rings is 2. The van der Waals surface area contributed by atoms with Crippen molar-refractivity contribution in [1.29, 1.82) is 0 Å². The van der Waals surface area contributed by atoms with Gasteiger partial charge in [0.1, 0.15) is 0 Å². The Labute approximate surface area is 163 Å². The second kappa shape index (κ2) is 7.55. The predicted octanol–water partition coefficient (Wildman–Crippen LogP) is 3.98. The Hall–Kier alpha value is -2.63. The Kier molecular flexibility index (Phi) is 4.97. The molecule has 0 aliphatic carbocycles. The van der Waals surface area contributed by atoms with Crippen molar-refractivity contribution in [3.63, 3.8) is 0 Å². The Morgan fingerprint density at radius 3 is 2.52 bits per heavy atom. The van der Waals surface area contributed by atoms with Gasteiger partial charge in [-0.05, 0) is 48.9 Å². The molecule has 0 bridgehead atoms. The second-order valence-corrected chi connectivity index (χ2v) is 6.97. The molecule has 0 spiro atoms. The quantitative estimate of drug-likeness (QED) is 0.755. The molecule has 0 unspecified atom stereocenters. The lowest BCUT2D eigenvalue weighted by Crippen LogP contribution is -2.36. The number of hydrogen-bond donors (Lipinski definition) is 0. The van der Waals surface area contributed by atoms with Crippen LogP contribution in [0.15, 0.2) is 59.2 Å². The number of halogens is 1. The van der Waals surface area contributed by atoms with Crippen molar-refractivity contribution < 1.29 is 9.53 Å². The zero-order chi connectivity index (χ0) is 18.8. The van der Waals surface area contributed by atoms with Crippen LogP contribution in [-0.2, 0) is 9.53 Å². The van der Waals surface area contributed by atoms with Crippen LogP contribution in [0.25, 0.3) is 6.08 Å². The van der Waals surface area contributed by atoms with Gasteiger partial charge in [-0.25, -0.2) is 0 Å². The first kappa shape index (κ1) is 17.8. The molecule has 0 radical (unpaired) electrons. The molecule has 2 aromatic rings. The fourth-order valence-corrected chi connectivity index (χ4v) is 3.42. The number of rotatable bonds is 3. The summed E-state index contributed by atoms with van der Waals surface area (Å²) in [6.07, 6.45) is 1.88. The summed E-state index contributed by atoms with van der Waals surface area (Å²) in [5.41, 5.74) is 4.09. The van der Waals surface area contributed by atoms with Crippen LogP contribution in [0.1, 0.15) is 12.5 Å². The first-order valence-corrected chi connectivity index (χ1v) is 9.30. The first-order valence-electron chi connectivity index (χ1n) is 8.92. The highest BCUT2D eigenvalue weighted by Gasteiger charge is 2.28. The maximum Gasteiger partial charge on any atom is 0.280 e. The zero-order valence-electron chi connectivity index (χ0n) is 15.1. The van der Waals surface area contributed by atoms with Gasteiger partial charge in [0.15, 0.2) is 0 Å². The highest BCUT2D eigenvalue weighted by atomic mass is 35.5. The zero-order valence-corrected chi connectivity index (χ0v) is 15.8. The summed E-state index contributed by atoms with van der Waals surface area (Å²) in [4.78, 5) is 15.1. The van der Waals surface area contributed by atoms with E-state index in [-0.39, 0.29) is 5.91 Å². The average molecular weight is 382 g/mol. The molecule has 2 aliphatic heterocycles. The third-order valence-electron chi connectivity index (χ3n) is 4.70. The molecule has 1 saturated heterocycles. The molecule has 0 N–H and O–H groups in total. The number of carbonyl (C=O) groups is 1. The van der Waals surface area contributed by atoms with Crippen molar-refractivity contribution in [3.8, 4) is 0 Å². The normalized spacial score (nSPS) is 19.0. The minimum absolute atomic E-state index is 0.146. The highest BCUT2D eigenvalue weighted by Crippen LogP contribution is 2.27. The maximum absolute atomic E-state index is 12.8. The van der Waals surface area contributed by atoms with Gasteiger partial charge in [-0.3, -0.25) is 4.79 Å². The topological polar surface area (TPSA) is 45.1 Å². The third-order valence-corrected chi connectivity index (χ3v) is 4.93. The molecule has 2 heterocycles. The summed E-state index contributed by atoms with van der Waals surface area (Å²) >= 11 is 6.04. The van der Waals surface area contributed by atoms with Crippen molar-refractivity contribution in [2.45, 2.75) is 6.92 Å². The van der Waals surface area contributed by atoms with E-state index in [1.807, 2.05) is 37.3 Å². The van der Waals surface area contributed by atoms with E-state index in [1.165, 1.54) is 10.7 Å². The molecule has 1 fully saturated rings. The molecule has 5 nitrogen and oxygen atoms in total. The number of nitrogens with zero attached hydrogens (tertiary/aromatic N) is 3. The van der Waals surface area contributed by atoms with Crippen LogP contribution in [0.3, 0.4) is 0 Å². The van der Waals surface area contributed by atoms with Crippen LogP contribution in [0, 0.1) is 0 Å². The standard InChI is InChI=1S/C21H20ClN3O2/c1-15-20(21(26)25(23-15)19-4-2-3-17(22)14-19)13-16-5-7-18(8-6-16)24-9-11-27-12-10-24/h2-8,13-14H,9-12H2,1H3/b20-13-. The number of ether oxygens (including phenoxy) is 1. The van der Waals surface area contributed by atoms with Crippen molar-refractivity contribution in [3.05, 3.63) is 64.7 Å². The van der Waals surface area contributed by atoms with Crippen LogP contribution in [-0.4, -0.2) is 37.9 Å². The lowest BCUT2D eigenvalue weighted by molar-refractivity contribution is -0.114. The number of anilines is 2. The second-order valence-electron chi connectivity index (χ2n) is 6.53. The van der Waals surface area contributed by atoms with Crippen LogP contribution in [0.5, 0.6) is 0 Å². The molecule has 6 heteroatoms. The molecule has 2 aromatic carbocycles. The number of hydrogen-bond acceptors (Lipinski definition) is 4. The average Bonchev–Trinajstić information content (AvgIpc) is 2.97. The summed E-state index contributed by atoms with van der Waals surface area (Å²) in [6, 6.07) is 15.4. The maximum atomic E-state index is 12.8. The van der Waals surface area contributed by atoms with E-state index < -0.39 is 0 Å². The van der Waals surface area contributed by atoms with Crippen LogP contribution in [0.4, 0.5) is 11.4 Å². The largest absolute Gasteiger partial charge is 0.378 e. The SMILES string of the molecule is CC1=NN(c2cccc(Cl)c2)C(=O)/C1=C\c1ccc(N2CCOCC2)cc1. The molecule has 0 aromatic heterocycles. The molecular weight excluding hydrogens is 362 g/mol. The Morgan fingerprint density at radius 1 is 1.07 bits per heavy atom. The smallest absolute Gasteiger partial charge is 0.280 e. The fourth-order valence-electron chi connectivity index (χ4n) is 3.24. The summed E-state index contributed by atoms with van der Waals surface area (Å²) < 4.78 is 5.40. The number of hydrazone groups is 1. The molecule has 138 valence electrons. The van der Waals surface area contributed by atoms with E-state index in [0.717, 1.165) is 31.9 Å². The fraction of sp³-hybridized carbons (Fsp3) is 0.238. The Morgan fingerprint density at radius 2 is 1.81 bits per heavy atom. The lowest BCUT2D eigenvalue weighted by Gasteiger charge is -2.28. The highest BCUT2D eigenvalue weighted by molar-refractivity contribution is 6.33. The van der Waals surface area contributed by atoms with Gasteiger partial charge in [0.05, 0.1) is 30.2 Å². The van der Waals surface area contributed by atoms with E-state index >= 15 is 0 Å². The van der Waals surface area contributed by atoms with Crippen molar-refractivity contribution >= 4 is 40.7 Å². The van der Waals surface area contributed by atoms with Gasteiger partial charge in [0.25, 0.3) is 5.91 Å². The van der Waals surface area contributed by atoms with Crippen molar-refractivity contribution in [2.75, 3.05) is 36.2 Å². The number of morpholine rings is 1. The summed E-state index contributed by atoms with van der Waals surface area (Å²) in [6.45, 7) is 5.17. The van der Waals surface area contributed by atoms with E-state index in [2.05, 4.69) is 22.1 Å². The Bertz CT molecular complexity index is 915. The lowest BCUT2D eigenvalue weighted by atomic mass is 10.1. The van der Waals surface area contributed by atoms with Crippen molar-refractivity contribution in [2.24, 2.45) is 5.10 Å². The first-order chi connectivity index (χ1) is 13.1. The van der Waals surface area contributed by atoms with E-state index in [1.54, 1.807) is 12.1 Å². The summed E-state index contributed by atoms with van der Waals surface area (Å²) in [5, 5.41) is 6.37. The minimum Gasteiger partial charge on any atom is -0.378 e. The minimum atomic E-state index is -0.146. The monoisotopic (exact) mass is 381 g/mol. The van der Waals surface area contributed by atoms with Gasteiger partial charge < -0.3 is 9.64 Å². The molecule has 1 amide bonds. The van der Waals surface area contributed by atoms with Gasteiger partial charge in [-0.15, -0.1) is 0 Å².